The van der Waals surface area contributed by atoms with Crippen molar-refractivity contribution in [2.75, 3.05) is 6.54 Å². The van der Waals surface area contributed by atoms with E-state index in [1.54, 1.807) is 6.92 Å². The Morgan fingerprint density at radius 2 is 2.33 bits per heavy atom. The molecule has 0 aromatic carbocycles. The molecule has 1 N–H and O–H groups in total. The van der Waals surface area contributed by atoms with E-state index in [0.29, 0.717) is 30.6 Å². The first-order chi connectivity index (χ1) is 7.34. The van der Waals surface area contributed by atoms with E-state index in [-0.39, 0.29) is 0 Å². The fourth-order valence-electron chi connectivity index (χ4n) is 1.11. The fourth-order valence-corrected chi connectivity index (χ4v) is 1.11. The fraction of sp³-hybridized carbons (Fsp3) is 0.500. The molecule has 0 fully saturated rings. The van der Waals surface area contributed by atoms with Gasteiger partial charge in [-0.3, -0.25) is 0 Å². The van der Waals surface area contributed by atoms with E-state index in [1.165, 1.54) is 6.39 Å². The van der Waals surface area contributed by atoms with Crippen molar-refractivity contribution in [3.8, 4) is 0 Å². The summed E-state index contributed by atoms with van der Waals surface area (Å²) in [5, 5.41) is 14.4. The molecule has 0 aliphatic rings. The van der Waals surface area contributed by atoms with E-state index in [1.807, 2.05) is 0 Å². The second-order valence-electron chi connectivity index (χ2n) is 2.99. The Morgan fingerprint density at radius 3 is 3.00 bits per heavy atom. The van der Waals surface area contributed by atoms with Crippen molar-refractivity contribution in [1.29, 1.82) is 0 Å². The van der Waals surface area contributed by atoms with Gasteiger partial charge in [0.2, 0.25) is 18.2 Å². The van der Waals surface area contributed by atoms with Crippen molar-refractivity contribution < 1.29 is 8.94 Å². The monoisotopic (exact) mass is 209 g/mol. The zero-order valence-electron chi connectivity index (χ0n) is 8.30. The van der Waals surface area contributed by atoms with Gasteiger partial charge in [-0.05, 0) is 0 Å². The summed E-state index contributed by atoms with van der Waals surface area (Å²) < 4.78 is 9.79. The largest absolute Gasteiger partial charge is 0.424 e. The van der Waals surface area contributed by atoms with Crippen molar-refractivity contribution >= 4 is 0 Å². The van der Waals surface area contributed by atoms with Gasteiger partial charge in [-0.2, -0.15) is 4.98 Å². The van der Waals surface area contributed by atoms with Crippen molar-refractivity contribution in [2.45, 2.75) is 19.9 Å². The molecule has 7 nitrogen and oxygen atoms in total. The predicted octanol–water partition coefficient (Wildman–Crippen LogP) is 0.0933. The first-order valence-corrected chi connectivity index (χ1v) is 4.59. The molecule has 0 spiro atoms. The quantitative estimate of drug-likeness (QED) is 0.698. The maximum absolute atomic E-state index is 5.19. The third-order valence-electron chi connectivity index (χ3n) is 1.78. The molecule has 0 aliphatic heterocycles. The Morgan fingerprint density at radius 1 is 1.40 bits per heavy atom. The molecule has 0 saturated carbocycles. The maximum Gasteiger partial charge on any atom is 0.230 e. The molecule has 2 aromatic heterocycles. The van der Waals surface area contributed by atoms with Crippen LogP contribution in [0.4, 0.5) is 0 Å². The van der Waals surface area contributed by atoms with Gasteiger partial charge < -0.3 is 14.3 Å². The molecule has 80 valence electrons. The highest BCUT2D eigenvalue weighted by Gasteiger charge is 2.02. The average molecular weight is 209 g/mol. The van der Waals surface area contributed by atoms with Gasteiger partial charge in [0.25, 0.3) is 0 Å². The van der Waals surface area contributed by atoms with Crippen LogP contribution in [0.5, 0.6) is 0 Å². The first kappa shape index (κ1) is 9.78. The maximum atomic E-state index is 5.19. The molecule has 2 aromatic rings. The highest BCUT2D eigenvalue weighted by Crippen LogP contribution is 1.96. The van der Waals surface area contributed by atoms with E-state index in [2.05, 4.69) is 30.2 Å². The van der Waals surface area contributed by atoms with Crippen LogP contribution < -0.4 is 5.32 Å². The zero-order valence-corrected chi connectivity index (χ0v) is 8.30. The van der Waals surface area contributed by atoms with Crippen molar-refractivity contribution in [3.05, 3.63) is 24.0 Å². The van der Waals surface area contributed by atoms with E-state index < -0.39 is 0 Å². The Hall–Kier alpha value is -1.76. The van der Waals surface area contributed by atoms with Gasteiger partial charge in [-0.1, -0.05) is 5.16 Å². The van der Waals surface area contributed by atoms with E-state index >= 15 is 0 Å². The molecule has 0 radical (unpaired) electrons. The summed E-state index contributed by atoms with van der Waals surface area (Å²) in [6, 6.07) is 0. The highest BCUT2D eigenvalue weighted by atomic mass is 16.5. The van der Waals surface area contributed by atoms with Crippen molar-refractivity contribution in [2.24, 2.45) is 0 Å². The molecule has 0 aliphatic carbocycles. The average Bonchev–Trinajstić information content (AvgIpc) is 2.84. The molecule has 0 unspecified atom stereocenters. The molecule has 2 rings (SSSR count). The van der Waals surface area contributed by atoms with Gasteiger partial charge in [-0.25, -0.2) is 0 Å². The third kappa shape index (κ3) is 2.84. The summed E-state index contributed by atoms with van der Waals surface area (Å²) in [6.45, 7) is 3.05. The molecule has 7 heteroatoms. The SMILES string of the molecule is Cc1nnc(CNCCc2ncon2)o1. The number of hydrogen-bond donors (Lipinski definition) is 1. The van der Waals surface area contributed by atoms with Gasteiger partial charge in [0.15, 0.2) is 5.82 Å². The van der Waals surface area contributed by atoms with Crippen LogP contribution in [0.3, 0.4) is 0 Å². The third-order valence-corrected chi connectivity index (χ3v) is 1.78. The second-order valence-corrected chi connectivity index (χ2v) is 2.99. The summed E-state index contributed by atoms with van der Waals surface area (Å²) >= 11 is 0. The summed E-state index contributed by atoms with van der Waals surface area (Å²) in [7, 11) is 0. The molecule has 0 atom stereocenters. The molecule has 0 saturated heterocycles. The lowest BCUT2D eigenvalue weighted by Gasteiger charge is -1.97. The number of nitrogens with one attached hydrogen (secondary N) is 1. The normalized spacial score (nSPS) is 10.7. The standard InChI is InChI=1S/C8H11N5O2/c1-6-11-12-8(15-6)4-9-3-2-7-10-5-14-13-7/h5,9H,2-4H2,1H3. The lowest BCUT2D eigenvalue weighted by molar-refractivity contribution is 0.408. The number of nitrogens with zero attached hydrogens (tertiary/aromatic N) is 4. The molecular weight excluding hydrogens is 198 g/mol. The Bertz CT molecular complexity index is 397. The summed E-state index contributed by atoms with van der Waals surface area (Å²) in [6.07, 6.45) is 2.03. The molecule has 0 amide bonds. The second kappa shape index (κ2) is 4.65. The van der Waals surface area contributed by atoms with Crippen LogP contribution in [0, 0.1) is 6.92 Å². The van der Waals surface area contributed by atoms with E-state index in [0.717, 1.165) is 6.54 Å². The number of rotatable bonds is 5. The van der Waals surface area contributed by atoms with E-state index in [4.69, 9.17) is 4.42 Å². The lowest BCUT2D eigenvalue weighted by atomic mass is 10.4. The van der Waals surface area contributed by atoms with Crippen LogP contribution in [0.15, 0.2) is 15.3 Å². The summed E-state index contributed by atoms with van der Waals surface area (Å²) in [4.78, 5) is 3.90. The molecule has 0 bridgehead atoms. The minimum atomic E-state index is 0.554. The summed E-state index contributed by atoms with van der Waals surface area (Å²) in [5.41, 5.74) is 0. The highest BCUT2D eigenvalue weighted by molar-refractivity contribution is 4.81. The van der Waals surface area contributed by atoms with Gasteiger partial charge in [0, 0.05) is 19.9 Å². The zero-order chi connectivity index (χ0) is 10.5. The van der Waals surface area contributed by atoms with Gasteiger partial charge >= 0.3 is 0 Å². The summed E-state index contributed by atoms with van der Waals surface area (Å²) in [5.74, 6) is 1.84. The van der Waals surface area contributed by atoms with Crippen LogP contribution in [-0.4, -0.2) is 26.9 Å². The Kier molecular flexibility index (Phi) is 3.03. The van der Waals surface area contributed by atoms with Crippen molar-refractivity contribution in [3.63, 3.8) is 0 Å². The van der Waals surface area contributed by atoms with Gasteiger partial charge in [0.05, 0.1) is 6.54 Å². The van der Waals surface area contributed by atoms with Crippen molar-refractivity contribution in [1.82, 2.24) is 25.7 Å². The topological polar surface area (TPSA) is 89.9 Å². The first-order valence-electron chi connectivity index (χ1n) is 4.59. The van der Waals surface area contributed by atoms with Crippen LogP contribution in [-0.2, 0) is 13.0 Å². The van der Waals surface area contributed by atoms with Crippen LogP contribution >= 0.6 is 0 Å². The van der Waals surface area contributed by atoms with E-state index in [9.17, 15) is 0 Å². The lowest BCUT2D eigenvalue weighted by Crippen LogP contribution is -2.17. The Labute approximate surface area is 85.9 Å². The van der Waals surface area contributed by atoms with Gasteiger partial charge in [-0.15, -0.1) is 10.2 Å². The number of aromatic nitrogens is 4. The minimum absolute atomic E-state index is 0.554. The van der Waals surface area contributed by atoms with Gasteiger partial charge in [0.1, 0.15) is 0 Å². The number of aryl methyl sites for hydroxylation is 1. The minimum Gasteiger partial charge on any atom is -0.424 e. The molecule has 2 heterocycles. The number of hydrogen-bond acceptors (Lipinski definition) is 7. The Balaban J connectivity index is 1.67. The van der Waals surface area contributed by atoms with Crippen LogP contribution in [0.2, 0.25) is 0 Å². The molecular formula is C8H11N5O2. The molecule has 15 heavy (non-hydrogen) atoms. The smallest absolute Gasteiger partial charge is 0.230 e. The van der Waals surface area contributed by atoms with Crippen LogP contribution in [0.1, 0.15) is 17.6 Å². The predicted molar refractivity (Wildman–Crippen MR) is 48.7 cm³/mol. The van der Waals surface area contributed by atoms with Crippen LogP contribution in [0.25, 0.3) is 0 Å².